The molecule has 0 spiro atoms. The molecule has 0 saturated heterocycles. The molecule has 0 amide bonds. The molecule has 7 heteroatoms. The minimum absolute atomic E-state index is 0.646. The fraction of sp³-hybridized carbons (Fsp3) is 0.227. The summed E-state index contributed by atoms with van der Waals surface area (Å²) < 4.78 is 7.58. The Kier molecular flexibility index (Phi) is 4.80. The van der Waals surface area contributed by atoms with Crippen molar-refractivity contribution in [1.82, 2.24) is 24.6 Å². The first-order valence-corrected chi connectivity index (χ1v) is 9.74. The molecule has 29 heavy (non-hydrogen) atoms. The highest BCUT2D eigenvalue weighted by molar-refractivity contribution is 5.57. The van der Waals surface area contributed by atoms with E-state index in [2.05, 4.69) is 55.2 Å². The fourth-order valence-electron chi connectivity index (χ4n) is 3.65. The van der Waals surface area contributed by atoms with Crippen LogP contribution in [-0.2, 0) is 26.2 Å². The summed E-state index contributed by atoms with van der Waals surface area (Å²) in [5.74, 6) is 1.67. The third-order valence-electron chi connectivity index (χ3n) is 5.11. The maximum Gasteiger partial charge on any atom is 0.144 e. The second-order valence-corrected chi connectivity index (χ2v) is 7.18. The van der Waals surface area contributed by atoms with E-state index in [1.165, 1.54) is 11.3 Å². The topological polar surface area (TPSA) is 72.0 Å². The zero-order chi connectivity index (χ0) is 19.5. The van der Waals surface area contributed by atoms with E-state index in [4.69, 9.17) is 9.52 Å². The van der Waals surface area contributed by atoms with Gasteiger partial charge in [0.05, 0.1) is 36.9 Å². The van der Waals surface area contributed by atoms with Gasteiger partial charge < -0.3 is 9.73 Å². The molecule has 1 N–H and O–H groups in total. The molecule has 0 bridgehead atoms. The van der Waals surface area contributed by atoms with Crippen molar-refractivity contribution in [2.45, 2.75) is 26.2 Å². The summed E-state index contributed by atoms with van der Waals surface area (Å²) in [5, 5.41) is 7.98. The number of rotatable bonds is 6. The average Bonchev–Trinajstić information content (AvgIpc) is 3.43. The molecular formula is C22H22N6O. The molecule has 5 rings (SSSR count). The Hall–Kier alpha value is -3.45. The summed E-state index contributed by atoms with van der Waals surface area (Å²) in [6, 6.07) is 14.7. The van der Waals surface area contributed by atoms with Crippen LogP contribution in [0.15, 0.2) is 71.7 Å². The van der Waals surface area contributed by atoms with Crippen LogP contribution in [0.25, 0.3) is 11.3 Å². The molecule has 1 aliphatic heterocycles. The zero-order valence-electron chi connectivity index (χ0n) is 16.0. The van der Waals surface area contributed by atoms with Gasteiger partial charge in [-0.05, 0) is 23.8 Å². The molecule has 146 valence electrons. The minimum Gasteiger partial charge on any atom is -0.464 e. The lowest BCUT2D eigenvalue weighted by atomic mass is 10.1. The van der Waals surface area contributed by atoms with Crippen molar-refractivity contribution in [2.24, 2.45) is 0 Å². The predicted octanol–water partition coefficient (Wildman–Crippen LogP) is 3.56. The van der Waals surface area contributed by atoms with Gasteiger partial charge in [-0.1, -0.05) is 24.3 Å². The number of hydrogen-bond acceptors (Lipinski definition) is 6. The van der Waals surface area contributed by atoms with Crippen molar-refractivity contribution in [1.29, 1.82) is 0 Å². The van der Waals surface area contributed by atoms with Crippen LogP contribution in [0.5, 0.6) is 0 Å². The van der Waals surface area contributed by atoms with E-state index >= 15 is 0 Å². The maximum absolute atomic E-state index is 5.47. The zero-order valence-corrected chi connectivity index (χ0v) is 16.0. The molecule has 0 radical (unpaired) electrons. The van der Waals surface area contributed by atoms with Gasteiger partial charge >= 0.3 is 0 Å². The number of nitrogens with zero attached hydrogens (tertiary/aromatic N) is 5. The van der Waals surface area contributed by atoms with Crippen molar-refractivity contribution in [3.8, 4) is 11.3 Å². The van der Waals surface area contributed by atoms with Crippen LogP contribution in [0.4, 0.5) is 5.82 Å². The molecule has 0 saturated carbocycles. The molecule has 1 aliphatic rings. The lowest BCUT2D eigenvalue weighted by Gasteiger charge is -2.27. The Balaban J connectivity index is 1.20. The molecule has 0 aliphatic carbocycles. The average molecular weight is 386 g/mol. The van der Waals surface area contributed by atoms with Gasteiger partial charge in [0, 0.05) is 37.6 Å². The maximum atomic E-state index is 5.47. The number of anilines is 1. The lowest BCUT2D eigenvalue weighted by molar-refractivity contribution is 0.205. The van der Waals surface area contributed by atoms with Crippen molar-refractivity contribution in [3.05, 3.63) is 84.3 Å². The summed E-state index contributed by atoms with van der Waals surface area (Å²) in [5.41, 5.74) is 4.68. The first-order chi connectivity index (χ1) is 14.3. The third-order valence-corrected chi connectivity index (χ3v) is 5.11. The Morgan fingerprint density at radius 2 is 2.00 bits per heavy atom. The Bertz CT molecular complexity index is 1060. The molecule has 0 fully saturated rings. The van der Waals surface area contributed by atoms with E-state index in [-0.39, 0.29) is 0 Å². The SMILES string of the molecule is c1coc(-c2ccc(CN3CCn4nc(CNc5cnccn5)cc4C3)cc2)c1. The van der Waals surface area contributed by atoms with Crippen molar-refractivity contribution in [3.63, 3.8) is 0 Å². The van der Waals surface area contributed by atoms with Gasteiger partial charge in [0.25, 0.3) is 0 Å². The number of hydrogen-bond donors (Lipinski definition) is 1. The fourth-order valence-corrected chi connectivity index (χ4v) is 3.65. The molecule has 3 aromatic heterocycles. The van der Waals surface area contributed by atoms with Crippen molar-refractivity contribution < 1.29 is 4.42 Å². The van der Waals surface area contributed by atoms with Crippen LogP contribution in [0.2, 0.25) is 0 Å². The minimum atomic E-state index is 0.646. The van der Waals surface area contributed by atoms with E-state index in [0.717, 1.165) is 49.0 Å². The van der Waals surface area contributed by atoms with Gasteiger partial charge in [-0.25, -0.2) is 4.98 Å². The number of furan rings is 1. The van der Waals surface area contributed by atoms with Crippen LogP contribution >= 0.6 is 0 Å². The quantitative estimate of drug-likeness (QED) is 0.546. The summed E-state index contributed by atoms with van der Waals surface area (Å²) in [4.78, 5) is 10.8. The molecule has 1 aromatic carbocycles. The van der Waals surface area contributed by atoms with E-state index in [0.29, 0.717) is 6.54 Å². The normalized spacial score (nSPS) is 13.9. The Labute approximate surface area is 169 Å². The monoisotopic (exact) mass is 386 g/mol. The second-order valence-electron chi connectivity index (χ2n) is 7.18. The first-order valence-electron chi connectivity index (χ1n) is 9.74. The van der Waals surface area contributed by atoms with Gasteiger partial charge in [0.15, 0.2) is 0 Å². The molecule has 0 unspecified atom stereocenters. The van der Waals surface area contributed by atoms with Gasteiger partial charge in [-0.3, -0.25) is 14.6 Å². The standard InChI is InChI=1S/C22H22N6O/c1-2-21(29-11-1)18-5-3-17(4-6-18)15-27-9-10-28-20(16-27)12-19(26-28)13-25-22-14-23-7-8-24-22/h1-8,11-12,14H,9-10,13,15-16H2,(H,24,25). The van der Waals surface area contributed by atoms with Crippen molar-refractivity contribution >= 4 is 5.82 Å². The smallest absolute Gasteiger partial charge is 0.144 e. The molecule has 4 heterocycles. The van der Waals surface area contributed by atoms with E-state index in [9.17, 15) is 0 Å². The van der Waals surface area contributed by atoms with E-state index in [1.54, 1.807) is 24.9 Å². The van der Waals surface area contributed by atoms with Gasteiger partial charge in [0.2, 0.25) is 0 Å². The van der Waals surface area contributed by atoms with Crippen LogP contribution < -0.4 is 5.32 Å². The van der Waals surface area contributed by atoms with E-state index in [1.807, 2.05) is 12.1 Å². The van der Waals surface area contributed by atoms with Gasteiger partial charge in [0.1, 0.15) is 11.6 Å². The summed E-state index contributed by atoms with van der Waals surface area (Å²) >= 11 is 0. The molecular weight excluding hydrogens is 364 g/mol. The molecule has 4 aromatic rings. The van der Waals surface area contributed by atoms with Crippen LogP contribution in [0.3, 0.4) is 0 Å². The third kappa shape index (κ3) is 4.05. The summed E-state index contributed by atoms with van der Waals surface area (Å²) in [7, 11) is 0. The van der Waals surface area contributed by atoms with E-state index < -0.39 is 0 Å². The van der Waals surface area contributed by atoms with Crippen LogP contribution in [0, 0.1) is 0 Å². The van der Waals surface area contributed by atoms with Crippen molar-refractivity contribution in [2.75, 3.05) is 11.9 Å². The van der Waals surface area contributed by atoms with Gasteiger partial charge in [-0.2, -0.15) is 5.10 Å². The number of aromatic nitrogens is 4. The first kappa shape index (κ1) is 17.6. The highest BCUT2D eigenvalue weighted by Crippen LogP contribution is 2.22. The predicted molar refractivity (Wildman–Crippen MR) is 110 cm³/mol. The second kappa shape index (κ2) is 7.89. The molecule has 0 atom stereocenters. The highest BCUT2D eigenvalue weighted by atomic mass is 16.3. The molecule has 7 nitrogen and oxygen atoms in total. The Morgan fingerprint density at radius 3 is 2.79 bits per heavy atom. The number of fused-ring (bicyclic) bond motifs is 1. The summed E-state index contributed by atoms with van der Waals surface area (Å²) in [6.45, 7) is 4.37. The lowest BCUT2D eigenvalue weighted by Crippen LogP contribution is -2.33. The van der Waals surface area contributed by atoms with Crippen LogP contribution in [-0.4, -0.2) is 31.2 Å². The van der Waals surface area contributed by atoms with Gasteiger partial charge in [-0.15, -0.1) is 0 Å². The Morgan fingerprint density at radius 1 is 1.07 bits per heavy atom. The summed E-state index contributed by atoms with van der Waals surface area (Å²) in [6.07, 6.45) is 6.77. The number of nitrogens with one attached hydrogen (secondary N) is 1. The van der Waals surface area contributed by atoms with Crippen LogP contribution in [0.1, 0.15) is 17.0 Å². The number of benzene rings is 1. The highest BCUT2D eigenvalue weighted by Gasteiger charge is 2.18. The largest absolute Gasteiger partial charge is 0.464 e.